The van der Waals surface area contributed by atoms with Gasteiger partial charge in [0.1, 0.15) is 0 Å². The van der Waals surface area contributed by atoms with E-state index in [0.29, 0.717) is 17.8 Å². The highest BCUT2D eigenvalue weighted by Gasteiger charge is 2.45. The van der Waals surface area contributed by atoms with E-state index in [9.17, 15) is 10.2 Å². The zero-order valence-electron chi connectivity index (χ0n) is 16.6. The van der Waals surface area contributed by atoms with E-state index >= 15 is 0 Å². The van der Waals surface area contributed by atoms with Crippen molar-refractivity contribution in [3.05, 3.63) is 23.8 Å². The van der Waals surface area contributed by atoms with E-state index in [2.05, 4.69) is 36.5 Å². The van der Waals surface area contributed by atoms with Gasteiger partial charge >= 0.3 is 0 Å². The normalized spacial score (nSPS) is 35.2. The van der Waals surface area contributed by atoms with Crippen LogP contribution in [0.1, 0.15) is 44.9 Å². The minimum absolute atomic E-state index is 0.225. The van der Waals surface area contributed by atoms with Gasteiger partial charge in [0.15, 0.2) is 0 Å². The second-order valence-electron chi connectivity index (χ2n) is 9.00. The zero-order chi connectivity index (χ0) is 18.5. The number of allylic oxidation sites excluding steroid dienone is 1. The molecule has 0 aromatic rings. The molecule has 0 spiro atoms. The monoisotopic (exact) mass is 362 g/mol. The van der Waals surface area contributed by atoms with Gasteiger partial charge in [0.2, 0.25) is 0 Å². The zero-order valence-corrected chi connectivity index (χ0v) is 16.6. The van der Waals surface area contributed by atoms with Crippen molar-refractivity contribution in [2.45, 2.75) is 57.2 Å². The largest absolute Gasteiger partial charge is 0.392 e. The Balaban J connectivity index is 1.48. The van der Waals surface area contributed by atoms with Crippen LogP contribution in [0.15, 0.2) is 23.8 Å². The van der Waals surface area contributed by atoms with Gasteiger partial charge in [-0.25, -0.2) is 0 Å². The molecular formula is C22H38N2O2. The summed E-state index contributed by atoms with van der Waals surface area (Å²) in [6.45, 7) is 3.04. The lowest BCUT2D eigenvalue weighted by Crippen LogP contribution is -2.26. The summed E-state index contributed by atoms with van der Waals surface area (Å²) in [6, 6.07) is 0. The summed E-state index contributed by atoms with van der Waals surface area (Å²) >= 11 is 0. The Bertz CT molecular complexity index is 496. The number of likely N-dealkylation sites (N-methyl/N-ethyl adjacent to an activating group) is 1. The highest BCUT2D eigenvalue weighted by molar-refractivity contribution is 5.18. The predicted molar refractivity (Wildman–Crippen MR) is 107 cm³/mol. The number of aliphatic hydroxyl groups is 2. The fourth-order valence-electron chi connectivity index (χ4n) is 5.26. The number of hydrogen-bond acceptors (Lipinski definition) is 4. The fourth-order valence-corrected chi connectivity index (χ4v) is 5.26. The Morgan fingerprint density at radius 2 is 2.00 bits per heavy atom. The molecule has 3 N–H and O–H groups in total. The van der Waals surface area contributed by atoms with Gasteiger partial charge in [-0.3, -0.25) is 0 Å². The Morgan fingerprint density at radius 1 is 1.23 bits per heavy atom. The average molecular weight is 363 g/mol. The fraction of sp³-hybridized carbons (Fsp3) is 0.818. The van der Waals surface area contributed by atoms with Crippen molar-refractivity contribution in [3.8, 4) is 0 Å². The summed E-state index contributed by atoms with van der Waals surface area (Å²) in [6.07, 6.45) is 14.0. The first kappa shape index (κ1) is 20.1. The van der Waals surface area contributed by atoms with Gasteiger partial charge in [-0.2, -0.15) is 0 Å². The van der Waals surface area contributed by atoms with Gasteiger partial charge in [-0.05, 0) is 64.0 Å². The van der Waals surface area contributed by atoms with Crippen molar-refractivity contribution >= 4 is 0 Å². The van der Waals surface area contributed by atoms with Crippen LogP contribution in [0.3, 0.4) is 0 Å². The van der Waals surface area contributed by atoms with Crippen LogP contribution >= 0.6 is 0 Å². The number of aliphatic hydroxyl groups excluding tert-OH is 2. The van der Waals surface area contributed by atoms with E-state index in [1.165, 1.54) is 12.8 Å². The molecule has 0 saturated heterocycles. The molecular weight excluding hydrogens is 324 g/mol. The van der Waals surface area contributed by atoms with Crippen LogP contribution in [0.4, 0.5) is 0 Å². The molecule has 4 heteroatoms. The van der Waals surface area contributed by atoms with Crippen LogP contribution in [0.2, 0.25) is 0 Å². The van der Waals surface area contributed by atoms with Crippen LogP contribution in [0, 0.1) is 23.7 Å². The lowest BCUT2D eigenvalue weighted by Gasteiger charge is -2.19. The molecule has 3 aliphatic carbocycles. The number of nitrogens with zero attached hydrogens (tertiary/aromatic N) is 1. The predicted octanol–water partition coefficient (Wildman–Crippen LogP) is 2.58. The molecule has 26 heavy (non-hydrogen) atoms. The summed E-state index contributed by atoms with van der Waals surface area (Å²) in [5.41, 5.74) is 1.55. The van der Waals surface area contributed by atoms with Crippen LogP contribution in [-0.4, -0.2) is 61.1 Å². The van der Waals surface area contributed by atoms with Crippen molar-refractivity contribution in [2.24, 2.45) is 23.7 Å². The molecule has 0 aromatic carbocycles. The van der Waals surface area contributed by atoms with Crippen LogP contribution in [0.5, 0.6) is 0 Å². The summed E-state index contributed by atoms with van der Waals surface area (Å²) < 4.78 is 0. The molecule has 3 fully saturated rings. The van der Waals surface area contributed by atoms with Gasteiger partial charge in [0, 0.05) is 25.6 Å². The third-order valence-electron chi connectivity index (χ3n) is 6.79. The minimum atomic E-state index is -0.318. The van der Waals surface area contributed by atoms with E-state index in [1.807, 2.05) is 6.08 Å². The number of rotatable bonds is 8. The van der Waals surface area contributed by atoms with Crippen molar-refractivity contribution < 1.29 is 10.2 Å². The summed E-state index contributed by atoms with van der Waals surface area (Å²) in [5, 5.41) is 24.4. The van der Waals surface area contributed by atoms with Crippen molar-refractivity contribution in [1.82, 2.24) is 10.2 Å². The second-order valence-corrected chi connectivity index (χ2v) is 9.00. The molecule has 3 rings (SSSR count). The van der Waals surface area contributed by atoms with Crippen molar-refractivity contribution in [1.29, 1.82) is 0 Å². The highest BCUT2D eigenvalue weighted by Crippen LogP contribution is 2.50. The van der Waals surface area contributed by atoms with Crippen LogP contribution in [0.25, 0.3) is 0 Å². The van der Waals surface area contributed by atoms with E-state index in [-0.39, 0.29) is 18.1 Å². The van der Waals surface area contributed by atoms with Gasteiger partial charge in [0.05, 0.1) is 12.2 Å². The van der Waals surface area contributed by atoms with Crippen molar-refractivity contribution in [3.63, 3.8) is 0 Å². The first-order chi connectivity index (χ1) is 12.5. The second kappa shape index (κ2) is 9.50. The maximum atomic E-state index is 10.5. The molecule has 4 nitrogen and oxygen atoms in total. The smallest absolute Gasteiger partial charge is 0.0749 e. The SMILES string of the molecule is CN(C)CCNC/C=C1\C[C@H]2C[C@@H](O)[C@H](/C=C/[C@@H](O)C3CCCC3)[C@H]2C1. The molecule has 0 aliphatic heterocycles. The van der Waals surface area contributed by atoms with Gasteiger partial charge in [0.25, 0.3) is 0 Å². The van der Waals surface area contributed by atoms with Gasteiger partial charge in [-0.1, -0.05) is 36.6 Å². The topological polar surface area (TPSA) is 55.7 Å². The first-order valence-corrected chi connectivity index (χ1v) is 10.6. The molecule has 3 aliphatic rings. The highest BCUT2D eigenvalue weighted by atomic mass is 16.3. The summed E-state index contributed by atoms with van der Waals surface area (Å²) in [5.74, 6) is 1.85. The van der Waals surface area contributed by atoms with Crippen LogP contribution in [-0.2, 0) is 0 Å². The standard InChI is InChI=1S/C22H38N2O2/c1-24(2)12-11-23-10-9-16-13-18-15-22(26)19(20(18)14-16)7-8-21(25)17-5-3-4-6-17/h7-9,17-23,25-26H,3-6,10-15H2,1-2H3/b8-7+,16-9+/t18-,19+,20-,21+,22+/m0/s1. The number of fused-ring (bicyclic) bond motifs is 1. The molecule has 0 heterocycles. The van der Waals surface area contributed by atoms with E-state index in [0.717, 1.165) is 51.7 Å². The third kappa shape index (κ3) is 5.19. The van der Waals surface area contributed by atoms with E-state index in [4.69, 9.17) is 0 Å². The average Bonchev–Trinajstić information content (AvgIpc) is 3.29. The molecule has 0 unspecified atom stereocenters. The Morgan fingerprint density at radius 3 is 2.73 bits per heavy atom. The lowest BCUT2D eigenvalue weighted by molar-refractivity contribution is 0.135. The summed E-state index contributed by atoms with van der Waals surface area (Å²) in [4.78, 5) is 2.19. The minimum Gasteiger partial charge on any atom is -0.392 e. The molecule has 0 radical (unpaired) electrons. The maximum absolute atomic E-state index is 10.5. The molecule has 148 valence electrons. The molecule has 0 amide bonds. The third-order valence-corrected chi connectivity index (χ3v) is 6.79. The Labute approximate surface area is 159 Å². The maximum Gasteiger partial charge on any atom is 0.0749 e. The number of hydrogen-bond donors (Lipinski definition) is 3. The van der Waals surface area contributed by atoms with E-state index in [1.54, 1.807) is 5.57 Å². The number of nitrogens with one attached hydrogen (secondary N) is 1. The quantitative estimate of drug-likeness (QED) is 0.459. The molecule has 3 saturated carbocycles. The molecule has 0 bridgehead atoms. The van der Waals surface area contributed by atoms with Gasteiger partial charge in [-0.15, -0.1) is 0 Å². The molecule has 5 atom stereocenters. The van der Waals surface area contributed by atoms with E-state index < -0.39 is 0 Å². The first-order valence-electron chi connectivity index (χ1n) is 10.6. The summed E-state index contributed by atoms with van der Waals surface area (Å²) in [7, 11) is 4.20. The van der Waals surface area contributed by atoms with Crippen molar-refractivity contribution in [2.75, 3.05) is 33.7 Å². The van der Waals surface area contributed by atoms with Gasteiger partial charge < -0.3 is 20.4 Å². The Hall–Kier alpha value is -0.680. The molecule has 0 aromatic heterocycles. The van der Waals surface area contributed by atoms with Crippen LogP contribution < -0.4 is 5.32 Å². The lowest BCUT2D eigenvalue weighted by atomic mass is 9.89. The Kier molecular flexibility index (Phi) is 7.33.